The minimum absolute atomic E-state index is 0.0645. The van der Waals surface area contributed by atoms with E-state index in [0.717, 1.165) is 19.3 Å². The van der Waals surface area contributed by atoms with Gasteiger partial charge in [0.25, 0.3) is 0 Å². The predicted octanol–water partition coefficient (Wildman–Crippen LogP) is 5.81. The van der Waals surface area contributed by atoms with Crippen LogP contribution in [0.5, 0.6) is 0 Å². The Hall–Kier alpha value is -0.510. The van der Waals surface area contributed by atoms with Crippen LogP contribution in [-0.4, -0.2) is 17.8 Å². The minimum atomic E-state index is -4.28. The van der Waals surface area contributed by atoms with Crippen molar-refractivity contribution in [2.75, 3.05) is 5.88 Å². The summed E-state index contributed by atoms with van der Waals surface area (Å²) in [4.78, 5) is 11.0. The highest BCUT2D eigenvalue weighted by Gasteiger charge is 2.32. The monoisotopic (exact) mass is 324 g/mol. The number of allylic oxidation sites excluding steroid dienone is 2. The van der Waals surface area contributed by atoms with Gasteiger partial charge in [-0.25, -0.2) is 0 Å². The topological polar surface area (TPSA) is 17.1 Å². The fraction of sp³-hybridized carbons (Fsp3) is 0.812. The van der Waals surface area contributed by atoms with Gasteiger partial charge in [-0.15, -0.1) is 11.6 Å². The highest BCUT2D eigenvalue weighted by atomic mass is 35.5. The molecule has 0 unspecified atom stereocenters. The Morgan fingerprint density at radius 3 is 2.38 bits per heavy atom. The Morgan fingerprint density at radius 1 is 1.14 bits per heavy atom. The molecule has 0 N–H and O–H groups in total. The zero-order chi connectivity index (χ0) is 15.7. The molecule has 0 aliphatic heterocycles. The number of hydrogen-bond donors (Lipinski definition) is 0. The van der Waals surface area contributed by atoms with Gasteiger partial charge in [-0.3, -0.25) is 4.79 Å². The maximum Gasteiger partial charge on any atom is 0.412 e. The normalized spacial score (nSPS) is 18.0. The molecule has 1 aliphatic carbocycles. The van der Waals surface area contributed by atoms with Gasteiger partial charge in [0.1, 0.15) is 5.78 Å². The largest absolute Gasteiger partial charge is 0.412 e. The number of ketones is 1. The van der Waals surface area contributed by atoms with Crippen molar-refractivity contribution in [3.05, 3.63) is 11.6 Å². The lowest BCUT2D eigenvalue weighted by Crippen LogP contribution is -2.13. The van der Waals surface area contributed by atoms with Crippen molar-refractivity contribution in [3.63, 3.8) is 0 Å². The van der Waals surface area contributed by atoms with E-state index < -0.39 is 11.7 Å². The maximum absolute atomic E-state index is 12.9. The van der Waals surface area contributed by atoms with Gasteiger partial charge in [0, 0.05) is 12.0 Å². The Balaban J connectivity index is 2.38. The third kappa shape index (κ3) is 7.89. The van der Waals surface area contributed by atoms with Crippen molar-refractivity contribution < 1.29 is 18.0 Å². The average molecular weight is 325 g/mol. The number of carbonyl (C=O) groups excluding carboxylic acids is 1. The SMILES string of the molecule is O=C(CCl)CCC=C(CCCC1CCCCC1)C(F)(F)F. The molecular formula is C16H24ClF3O. The molecule has 1 rings (SSSR count). The van der Waals surface area contributed by atoms with Gasteiger partial charge in [-0.1, -0.05) is 44.6 Å². The van der Waals surface area contributed by atoms with E-state index in [1.54, 1.807) is 0 Å². The zero-order valence-electron chi connectivity index (χ0n) is 12.4. The summed E-state index contributed by atoms with van der Waals surface area (Å²) in [6.45, 7) is 0. The van der Waals surface area contributed by atoms with Crippen molar-refractivity contribution in [1.82, 2.24) is 0 Å². The van der Waals surface area contributed by atoms with Crippen LogP contribution in [0.4, 0.5) is 13.2 Å². The molecule has 0 atom stereocenters. The molecule has 0 amide bonds. The van der Waals surface area contributed by atoms with E-state index in [2.05, 4.69) is 0 Å². The maximum atomic E-state index is 12.9. The molecule has 0 bridgehead atoms. The van der Waals surface area contributed by atoms with Crippen LogP contribution in [0.1, 0.15) is 64.2 Å². The summed E-state index contributed by atoms with van der Waals surface area (Å²) in [5.74, 6) is 0.263. The van der Waals surface area contributed by atoms with Gasteiger partial charge in [-0.2, -0.15) is 13.2 Å². The standard InChI is InChI=1S/C16H24ClF3O/c17-12-15(21)11-5-10-14(16(18,19)20)9-4-8-13-6-2-1-3-7-13/h10,13H,1-9,11-12H2. The molecule has 1 fully saturated rings. The van der Waals surface area contributed by atoms with Crippen LogP contribution in [-0.2, 0) is 4.79 Å². The molecule has 1 nitrogen and oxygen atoms in total. The fourth-order valence-corrected chi connectivity index (χ4v) is 3.02. The first-order chi connectivity index (χ1) is 9.93. The van der Waals surface area contributed by atoms with E-state index in [4.69, 9.17) is 11.6 Å². The molecule has 0 spiro atoms. The van der Waals surface area contributed by atoms with Crippen LogP contribution in [0.25, 0.3) is 0 Å². The van der Waals surface area contributed by atoms with Crippen molar-refractivity contribution in [3.8, 4) is 0 Å². The van der Waals surface area contributed by atoms with Gasteiger partial charge in [0.05, 0.1) is 5.88 Å². The molecule has 0 saturated heterocycles. The van der Waals surface area contributed by atoms with E-state index in [1.165, 1.54) is 25.3 Å². The highest BCUT2D eigenvalue weighted by molar-refractivity contribution is 6.27. The molecule has 0 aromatic carbocycles. The number of carbonyl (C=O) groups is 1. The van der Waals surface area contributed by atoms with Crippen LogP contribution in [0, 0.1) is 5.92 Å². The molecule has 0 aromatic rings. The minimum Gasteiger partial charge on any atom is -0.298 e. The summed E-state index contributed by atoms with van der Waals surface area (Å²) < 4.78 is 38.7. The Labute approximate surface area is 129 Å². The first-order valence-electron chi connectivity index (χ1n) is 7.77. The molecule has 1 saturated carbocycles. The first-order valence-corrected chi connectivity index (χ1v) is 8.31. The summed E-state index contributed by atoms with van der Waals surface area (Å²) in [5, 5.41) is 0. The quantitative estimate of drug-likeness (QED) is 0.406. The molecule has 1 aliphatic rings. The van der Waals surface area contributed by atoms with Crippen LogP contribution in [0.2, 0.25) is 0 Å². The van der Waals surface area contributed by atoms with Gasteiger partial charge in [0.2, 0.25) is 0 Å². The lowest BCUT2D eigenvalue weighted by atomic mass is 9.85. The van der Waals surface area contributed by atoms with E-state index >= 15 is 0 Å². The van der Waals surface area contributed by atoms with Crippen molar-refractivity contribution in [1.29, 1.82) is 0 Å². The molecule has 5 heteroatoms. The molecule has 0 radical (unpaired) electrons. The van der Waals surface area contributed by atoms with Gasteiger partial charge < -0.3 is 0 Å². The number of Topliss-reactive ketones (excluding diaryl/α,β-unsaturated/α-hetero) is 1. The molecule has 122 valence electrons. The Bertz CT molecular complexity index is 344. The summed E-state index contributed by atoms with van der Waals surface area (Å²) in [6, 6.07) is 0. The second-order valence-electron chi connectivity index (χ2n) is 5.83. The molecule has 21 heavy (non-hydrogen) atoms. The Kier molecular flexibility index (Phi) is 8.38. The summed E-state index contributed by atoms with van der Waals surface area (Å²) in [7, 11) is 0. The third-order valence-electron chi connectivity index (χ3n) is 4.11. The molecule has 0 heterocycles. The van der Waals surface area contributed by atoms with E-state index in [-0.39, 0.29) is 30.9 Å². The molecular weight excluding hydrogens is 301 g/mol. The van der Waals surface area contributed by atoms with Crippen molar-refractivity contribution >= 4 is 17.4 Å². The predicted molar refractivity (Wildman–Crippen MR) is 79.5 cm³/mol. The average Bonchev–Trinajstić information content (AvgIpc) is 2.45. The smallest absolute Gasteiger partial charge is 0.298 e. The van der Waals surface area contributed by atoms with E-state index in [1.807, 2.05) is 0 Å². The van der Waals surface area contributed by atoms with E-state index in [0.29, 0.717) is 12.3 Å². The number of halogens is 4. The summed E-state index contributed by atoms with van der Waals surface area (Å²) in [5.41, 5.74) is -0.485. The van der Waals surface area contributed by atoms with Crippen LogP contribution >= 0.6 is 11.6 Å². The van der Waals surface area contributed by atoms with Crippen LogP contribution < -0.4 is 0 Å². The summed E-state index contributed by atoms with van der Waals surface area (Å²) in [6.07, 6.45) is 4.66. The lowest BCUT2D eigenvalue weighted by Gasteiger charge is -2.21. The van der Waals surface area contributed by atoms with E-state index in [9.17, 15) is 18.0 Å². The lowest BCUT2D eigenvalue weighted by molar-refractivity contribution is -0.116. The third-order valence-corrected chi connectivity index (χ3v) is 4.41. The van der Waals surface area contributed by atoms with Gasteiger partial charge in [-0.05, 0) is 25.2 Å². The molecule has 0 aromatic heterocycles. The number of rotatable bonds is 8. The first kappa shape index (κ1) is 18.5. The number of alkyl halides is 4. The zero-order valence-corrected chi connectivity index (χ0v) is 13.1. The van der Waals surface area contributed by atoms with Gasteiger partial charge in [0.15, 0.2) is 0 Å². The van der Waals surface area contributed by atoms with Crippen molar-refractivity contribution in [2.24, 2.45) is 5.92 Å². The summed E-state index contributed by atoms with van der Waals surface area (Å²) >= 11 is 5.33. The second kappa shape index (κ2) is 9.50. The number of hydrogen-bond acceptors (Lipinski definition) is 1. The highest BCUT2D eigenvalue weighted by Crippen LogP contribution is 2.33. The second-order valence-corrected chi connectivity index (χ2v) is 6.10. The fourth-order valence-electron chi connectivity index (χ4n) is 2.89. The van der Waals surface area contributed by atoms with Crippen molar-refractivity contribution in [2.45, 2.75) is 70.4 Å². The van der Waals surface area contributed by atoms with Gasteiger partial charge >= 0.3 is 6.18 Å². The Morgan fingerprint density at radius 2 is 1.81 bits per heavy atom. The van der Waals surface area contributed by atoms with Crippen LogP contribution in [0.15, 0.2) is 11.6 Å². The van der Waals surface area contributed by atoms with Crippen LogP contribution in [0.3, 0.4) is 0 Å².